The topological polar surface area (TPSA) is 15.3 Å². The molecule has 0 aromatic heterocycles. The van der Waals surface area contributed by atoms with Crippen molar-refractivity contribution < 1.29 is 0 Å². The molecule has 0 aliphatic heterocycles. The van der Waals surface area contributed by atoms with E-state index in [9.17, 15) is 0 Å². The second kappa shape index (κ2) is 8.92. The first-order valence-electron chi connectivity index (χ1n) is 8.13. The Labute approximate surface area is 115 Å². The van der Waals surface area contributed by atoms with Crippen LogP contribution in [0.4, 0.5) is 0 Å². The molecule has 1 aliphatic carbocycles. The second-order valence-corrected chi connectivity index (χ2v) is 6.33. The van der Waals surface area contributed by atoms with E-state index in [-0.39, 0.29) is 0 Å². The summed E-state index contributed by atoms with van der Waals surface area (Å²) < 4.78 is 0. The predicted octanol–water partition coefficient (Wildman–Crippen LogP) is 3.52. The molecule has 2 nitrogen and oxygen atoms in total. The summed E-state index contributed by atoms with van der Waals surface area (Å²) in [6.45, 7) is 14.2. The zero-order chi connectivity index (χ0) is 13.4. The molecule has 1 saturated carbocycles. The van der Waals surface area contributed by atoms with Gasteiger partial charge in [-0.3, -0.25) is 0 Å². The van der Waals surface area contributed by atoms with E-state index in [2.05, 4.69) is 37.9 Å². The second-order valence-electron chi connectivity index (χ2n) is 6.33. The van der Waals surface area contributed by atoms with Crippen LogP contribution in [0.1, 0.15) is 59.8 Å². The first-order chi connectivity index (χ1) is 8.67. The molecule has 2 atom stereocenters. The molecule has 0 radical (unpaired) electrons. The molecule has 0 amide bonds. The quantitative estimate of drug-likeness (QED) is 0.677. The molecule has 2 unspecified atom stereocenters. The lowest BCUT2D eigenvalue weighted by atomic mass is 9.99. The van der Waals surface area contributed by atoms with Gasteiger partial charge in [0, 0.05) is 12.6 Å². The van der Waals surface area contributed by atoms with Crippen LogP contribution in [0, 0.1) is 11.8 Å². The van der Waals surface area contributed by atoms with Crippen molar-refractivity contribution in [1.29, 1.82) is 0 Å². The molecule has 0 bridgehead atoms. The molecule has 1 aliphatic rings. The van der Waals surface area contributed by atoms with Gasteiger partial charge in [0.25, 0.3) is 0 Å². The van der Waals surface area contributed by atoms with E-state index in [1.807, 2.05) is 0 Å². The van der Waals surface area contributed by atoms with Crippen molar-refractivity contribution in [3.05, 3.63) is 0 Å². The number of nitrogens with one attached hydrogen (secondary N) is 1. The van der Waals surface area contributed by atoms with Crippen LogP contribution in [-0.4, -0.2) is 37.1 Å². The fourth-order valence-corrected chi connectivity index (χ4v) is 3.22. The molecule has 1 N–H and O–H groups in total. The minimum atomic E-state index is 0.794. The monoisotopic (exact) mass is 254 g/mol. The van der Waals surface area contributed by atoms with Gasteiger partial charge in [0.1, 0.15) is 0 Å². The lowest BCUT2D eigenvalue weighted by Gasteiger charge is -2.26. The summed E-state index contributed by atoms with van der Waals surface area (Å²) in [5.41, 5.74) is 0. The van der Waals surface area contributed by atoms with Crippen molar-refractivity contribution in [3.63, 3.8) is 0 Å². The maximum atomic E-state index is 3.75. The normalized spacial score (nSPS) is 24.3. The smallest absolute Gasteiger partial charge is 0.00958 e. The molecule has 0 aromatic rings. The minimum absolute atomic E-state index is 0.794. The van der Waals surface area contributed by atoms with Gasteiger partial charge in [-0.15, -0.1) is 0 Å². The van der Waals surface area contributed by atoms with Crippen LogP contribution < -0.4 is 5.32 Å². The van der Waals surface area contributed by atoms with E-state index in [0.29, 0.717) is 0 Å². The highest BCUT2D eigenvalue weighted by atomic mass is 15.1. The van der Waals surface area contributed by atoms with E-state index in [4.69, 9.17) is 0 Å². The summed E-state index contributed by atoms with van der Waals surface area (Å²) >= 11 is 0. The van der Waals surface area contributed by atoms with Crippen molar-refractivity contribution in [2.45, 2.75) is 65.8 Å². The van der Waals surface area contributed by atoms with Crippen molar-refractivity contribution in [3.8, 4) is 0 Å². The van der Waals surface area contributed by atoms with Gasteiger partial charge < -0.3 is 10.2 Å². The molecule has 108 valence electrons. The molecule has 0 aromatic carbocycles. The number of nitrogens with zero attached hydrogens (tertiary/aromatic N) is 1. The van der Waals surface area contributed by atoms with Gasteiger partial charge in [0.05, 0.1) is 0 Å². The third-order valence-electron chi connectivity index (χ3n) is 4.20. The summed E-state index contributed by atoms with van der Waals surface area (Å²) in [5.74, 6) is 1.72. The molecular weight excluding hydrogens is 220 g/mol. The SMILES string of the molecule is CCCNC1CCCC1CCN(CC)CC(C)C. The van der Waals surface area contributed by atoms with Gasteiger partial charge in [-0.1, -0.05) is 34.1 Å². The number of hydrogen-bond acceptors (Lipinski definition) is 2. The number of rotatable bonds is 9. The molecule has 18 heavy (non-hydrogen) atoms. The van der Waals surface area contributed by atoms with Gasteiger partial charge >= 0.3 is 0 Å². The average molecular weight is 254 g/mol. The van der Waals surface area contributed by atoms with Gasteiger partial charge in [0.15, 0.2) is 0 Å². The largest absolute Gasteiger partial charge is 0.314 e. The fraction of sp³-hybridized carbons (Fsp3) is 1.00. The molecule has 2 heteroatoms. The predicted molar refractivity (Wildman–Crippen MR) is 81.0 cm³/mol. The van der Waals surface area contributed by atoms with Crippen LogP contribution in [0.3, 0.4) is 0 Å². The fourth-order valence-electron chi connectivity index (χ4n) is 3.22. The van der Waals surface area contributed by atoms with Gasteiger partial charge in [-0.2, -0.15) is 0 Å². The van der Waals surface area contributed by atoms with Crippen LogP contribution in [0.25, 0.3) is 0 Å². The summed E-state index contributed by atoms with van der Waals surface area (Å²) in [7, 11) is 0. The van der Waals surface area contributed by atoms with Crippen LogP contribution >= 0.6 is 0 Å². The molecule has 1 fully saturated rings. The molecule has 0 spiro atoms. The van der Waals surface area contributed by atoms with Crippen LogP contribution in [0.15, 0.2) is 0 Å². The first kappa shape index (κ1) is 16.0. The Morgan fingerprint density at radius 3 is 2.61 bits per heavy atom. The molecule has 1 rings (SSSR count). The Hall–Kier alpha value is -0.0800. The van der Waals surface area contributed by atoms with E-state index in [1.165, 1.54) is 58.3 Å². The van der Waals surface area contributed by atoms with Crippen molar-refractivity contribution in [2.24, 2.45) is 11.8 Å². The van der Waals surface area contributed by atoms with E-state index in [0.717, 1.165) is 17.9 Å². The molecule has 0 saturated heterocycles. The summed E-state index contributed by atoms with van der Waals surface area (Å²) in [6, 6.07) is 0.808. The highest BCUT2D eigenvalue weighted by Gasteiger charge is 2.26. The molecular formula is C16H34N2. The average Bonchev–Trinajstić information content (AvgIpc) is 2.78. The third-order valence-corrected chi connectivity index (χ3v) is 4.20. The Morgan fingerprint density at radius 2 is 2.00 bits per heavy atom. The van der Waals surface area contributed by atoms with E-state index < -0.39 is 0 Å². The Kier molecular flexibility index (Phi) is 7.92. The summed E-state index contributed by atoms with van der Waals surface area (Å²) in [4.78, 5) is 2.62. The van der Waals surface area contributed by atoms with E-state index in [1.54, 1.807) is 0 Å². The third kappa shape index (κ3) is 5.71. The standard InChI is InChI=1S/C16H34N2/c1-5-11-17-16-9-7-8-15(16)10-12-18(6-2)13-14(3)4/h14-17H,5-13H2,1-4H3. The van der Waals surface area contributed by atoms with Gasteiger partial charge in [-0.05, 0) is 57.2 Å². The zero-order valence-corrected chi connectivity index (χ0v) is 13.0. The lowest BCUT2D eigenvalue weighted by Crippen LogP contribution is -2.36. The van der Waals surface area contributed by atoms with Gasteiger partial charge in [0.2, 0.25) is 0 Å². The van der Waals surface area contributed by atoms with Crippen LogP contribution in [-0.2, 0) is 0 Å². The summed E-state index contributed by atoms with van der Waals surface area (Å²) in [5, 5.41) is 3.75. The maximum Gasteiger partial charge on any atom is 0.00958 e. The van der Waals surface area contributed by atoms with Crippen molar-refractivity contribution in [2.75, 3.05) is 26.2 Å². The molecule has 0 heterocycles. The van der Waals surface area contributed by atoms with Crippen molar-refractivity contribution in [1.82, 2.24) is 10.2 Å². The first-order valence-corrected chi connectivity index (χ1v) is 8.13. The minimum Gasteiger partial charge on any atom is -0.314 e. The number of hydrogen-bond donors (Lipinski definition) is 1. The summed E-state index contributed by atoms with van der Waals surface area (Å²) in [6.07, 6.45) is 6.93. The van der Waals surface area contributed by atoms with Crippen LogP contribution in [0.2, 0.25) is 0 Å². The Bertz CT molecular complexity index is 203. The zero-order valence-electron chi connectivity index (χ0n) is 13.0. The van der Waals surface area contributed by atoms with Crippen LogP contribution in [0.5, 0.6) is 0 Å². The van der Waals surface area contributed by atoms with E-state index >= 15 is 0 Å². The maximum absolute atomic E-state index is 3.75. The highest BCUT2D eigenvalue weighted by Crippen LogP contribution is 2.28. The Morgan fingerprint density at radius 1 is 1.22 bits per heavy atom. The van der Waals surface area contributed by atoms with Crippen molar-refractivity contribution >= 4 is 0 Å². The van der Waals surface area contributed by atoms with Gasteiger partial charge in [-0.25, -0.2) is 0 Å². The highest BCUT2D eigenvalue weighted by molar-refractivity contribution is 4.83. The Balaban J connectivity index is 2.27. The lowest BCUT2D eigenvalue weighted by molar-refractivity contribution is 0.228.